The number of halogens is 2. The molecule has 2 aromatic rings. The van der Waals surface area contributed by atoms with E-state index in [1.165, 1.54) is 5.56 Å². The second-order valence-electron chi connectivity index (χ2n) is 6.44. The van der Waals surface area contributed by atoms with Crippen LogP contribution in [0.5, 0.6) is 0 Å². The lowest BCUT2D eigenvalue weighted by atomic mass is 10.1. The zero-order chi connectivity index (χ0) is 18.4. The van der Waals surface area contributed by atoms with Gasteiger partial charge in [-0.1, -0.05) is 59.6 Å². The highest BCUT2D eigenvalue weighted by molar-refractivity contribution is 6.42. The first-order chi connectivity index (χ1) is 12.6. The van der Waals surface area contributed by atoms with Crippen LogP contribution in [0.15, 0.2) is 48.5 Å². The van der Waals surface area contributed by atoms with Gasteiger partial charge in [0.1, 0.15) is 0 Å². The van der Waals surface area contributed by atoms with E-state index >= 15 is 0 Å². The maximum absolute atomic E-state index is 12.2. The highest BCUT2D eigenvalue weighted by Crippen LogP contribution is 2.22. The Labute approximate surface area is 164 Å². The number of hydrogen-bond acceptors (Lipinski definition) is 3. The molecule has 1 aliphatic rings. The fourth-order valence-corrected chi connectivity index (χ4v) is 3.33. The van der Waals surface area contributed by atoms with Gasteiger partial charge in [-0.15, -0.1) is 0 Å². The van der Waals surface area contributed by atoms with Gasteiger partial charge < -0.3 is 10.1 Å². The lowest BCUT2D eigenvalue weighted by molar-refractivity contribution is -0.121. The number of morpholine rings is 1. The van der Waals surface area contributed by atoms with E-state index < -0.39 is 0 Å². The molecular weight excluding hydrogens is 371 g/mol. The Morgan fingerprint density at radius 2 is 1.92 bits per heavy atom. The third kappa shape index (κ3) is 5.71. The Balaban J connectivity index is 1.44. The van der Waals surface area contributed by atoms with Crippen molar-refractivity contribution >= 4 is 29.1 Å². The van der Waals surface area contributed by atoms with E-state index in [1.807, 2.05) is 12.1 Å². The molecule has 1 atom stereocenters. The van der Waals surface area contributed by atoms with Gasteiger partial charge in [0, 0.05) is 26.2 Å². The van der Waals surface area contributed by atoms with Gasteiger partial charge in [0.15, 0.2) is 0 Å². The van der Waals surface area contributed by atoms with Crippen LogP contribution < -0.4 is 5.32 Å². The molecule has 4 nitrogen and oxygen atoms in total. The van der Waals surface area contributed by atoms with Crippen LogP contribution in [-0.4, -0.2) is 43.2 Å². The summed E-state index contributed by atoms with van der Waals surface area (Å²) in [4.78, 5) is 14.5. The first-order valence-electron chi connectivity index (χ1n) is 8.68. The number of benzene rings is 2. The fraction of sp³-hybridized carbons (Fsp3) is 0.350. The Morgan fingerprint density at radius 3 is 2.69 bits per heavy atom. The molecule has 0 aromatic heterocycles. The molecule has 0 spiro atoms. The van der Waals surface area contributed by atoms with Crippen molar-refractivity contribution in [3.8, 4) is 0 Å². The summed E-state index contributed by atoms with van der Waals surface area (Å²) in [7, 11) is 0. The van der Waals surface area contributed by atoms with E-state index in [0.717, 1.165) is 25.2 Å². The van der Waals surface area contributed by atoms with Gasteiger partial charge in [-0.3, -0.25) is 9.69 Å². The smallest absolute Gasteiger partial charge is 0.224 e. The van der Waals surface area contributed by atoms with Crippen molar-refractivity contribution in [2.24, 2.45) is 0 Å². The molecule has 1 saturated heterocycles. The average molecular weight is 393 g/mol. The molecule has 1 aliphatic heterocycles. The van der Waals surface area contributed by atoms with Crippen LogP contribution in [0.2, 0.25) is 10.0 Å². The van der Waals surface area contributed by atoms with E-state index in [9.17, 15) is 4.79 Å². The van der Waals surface area contributed by atoms with E-state index in [2.05, 4.69) is 34.5 Å². The molecule has 0 aliphatic carbocycles. The second-order valence-corrected chi connectivity index (χ2v) is 7.26. The lowest BCUT2D eigenvalue weighted by Gasteiger charge is -2.33. The Morgan fingerprint density at radius 1 is 1.12 bits per heavy atom. The van der Waals surface area contributed by atoms with Gasteiger partial charge >= 0.3 is 0 Å². The van der Waals surface area contributed by atoms with Gasteiger partial charge in [0.25, 0.3) is 0 Å². The topological polar surface area (TPSA) is 41.6 Å². The highest BCUT2D eigenvalue weighted by atomic mass is 35.5. The van der Waals surface area contributed by atoms with Gasteiger partial charge in [-0.05, 0) is 23.3 Å². The molecule has 6 heteroatoms. The number of carbonyl (C=O) groups excluding carboxylic acids is 1. The van der Waals surface area contributed by atoms with Crippen LogP contribution in [0.1, 0.15) is 11.1 Å². The van der Waals surface area contributed by atoms with Crippen molar-refractivity contribution in [2.75, 3.05) is 26.2 Å². The third-order valence-corrected chi connectivity index (χ3v) is 5.09. The number of hydrogen-bond donors (Lipinski definition) is 1. The average Bonchev–Trinajstić information content (AvgIpc) is 2.64. The summed E-state index contributed by atoms with van der Waals surface area (Å²) >= 11 is 11.9. The van der Waals surface area contributed by atoms with Crippen molar-refractivity contribution in [2.45, 2.75) is 19.1 Å². The molecule has 2 aromatic carbocycles. The van der Waals surface area contributed by atoms with Gasteiger partial charge in [0.2, 0.25) is 5.91 Å². The molecule has 1 N–H and O–H groups in total. The molecule has 0 radical (unpaired) electrons. The monoisotopic (exact) mass is 392 g/mol. The zero-order valence-electron chi connectivity index (χ0n) is 14.5. The summed E-state index contributed by atoms with van der Waals surface area (Å²) in [6, 6.07) is 15.6. The fourth-order valence-electron chi connectivity index (χ4n) is 3.01. The Hall–Kier alpha value is -1.59. The van der Waals surface area contributed by atoms with E-state index in [0.29, 0.717) is 23.2 Å². The molecule has 0 bridgehead atoms. The molecule has 1 heterocycles. The summed E-state index contributed by atoms with van der Waals surface area (Å²) < 4.78 is 5.79. The molecule has 1 amide bonds. The summed E-state index contributed by atoms with van der Waals surface area (Å²) in [5.41, 5.74) is 2.13. The van der Waals surface area contributed by atoms with E-state index in [-0.39, 0.29) is 18.4 Å². The number of rotatable bonds is 6. The number of nitrogens with one attached hydrogen (secondary N) is 1. The number of amides is 1. The Bertz CT molecular complexity index is 740. The van der Waals surface area contributed by atoms with Crippen molar-refractivity contribution in [3.63, 3.8) is 0 Å². The van der Waals surface area contributed by atoms with E-state index in [4.69, 9.17) is 27.9 Å². The summed E-state index contributed by atoms with van der Waals surface area (Å²) in [5.74, 6) is -0.0489. The molecule has 138 valence electrons. The summed E-state index contributed by atoms with van der Waals surface area (Å²) in [6.07, 6.45) is 0.280. The number of ether oxygens (including phenoxy) is 1. The molecule has 26 heavy (non-hydrogen) atoms. The first kappa shape index (κ1) is 19.2. The normalized spacial score (nSPS) is 17.8. The van der Waals surface area contributed by atoms with Crippen LogP contribution in [-0.2, 0) is 22.5 Å². The van der Waals surface area contributed by atoms with Gasteiger partial charge in [-0.25, -0.2) is 0 Å². The largest absolute Gasteiger partial charge is 0.374 e. The third-order valence-electron chi connectivity index (χ3n) is 4.35. The Kier molecular flexibility index (Phi) is 6.92. The number of carbonyl (C=O) groups is 1. The van der Waals surface area contributed by atoms with Gasteiger partial charge in [-0.2, -0.15) is 0 Å². The number of nitrogens with zero attached hydrogens (tertiary/aromatic N) is 1. The zero-order valence-corrected chi connectivity index (χ0v) is 16.0. The van der Waals surface area contributed by atoms with E-state index in [1.54, 1.807) is 12.1 Å². The highest BCUT2D eigenvalue weighted by Gasteiger charge is 2.21. The summed E-state index contributed by atoms with van der Waals surface area (Å²) in [5, 5.41) is 3.91. The first-order valence-corrected chi connectivity index (χ1v) is 9.44. The predicted octanol–water partition coefficient (Wildman–Crippen LogP) is 3.55. The predicted molar refractivity (Wildman–Crippen MR) is 105 cm³/mol. The maximum Gasteiger partial charge on any atom is 0.224 e. The van der Waals surface area contributed by atoms with Crippen LogP contribution in [0.4, 0.5) is 0 Å². The van der Waals surface area contributed by atoms with Crippen LogP contribution in [0.25, 0.3) is 0 Å². The van der Waals surface area contributed by atoms with Crippen LogP contribution in [0.3, 0.4) is 0 Å². The lowest BCUT2D eigenvalue weighted by Crippen LogP contribution is -2.47. The standard InChI is InChI=1S/C20H22Cl2N2O2/c21-18-7-6-16(10-19(18)22)11-20(25)23-12-17-14-24(8-9-26-17)13-15-4-2-1-3-5-15/h1-7,10,17H,8-9,11-14H2,(H,23,25). The maximum atomic E-state index is 12.2. The SMILES string of the molecule is O=C(Cc1ccc(Cl)c(Cl)c1)NCC1CN(Cc2ccccc2)CCO1. The van der Waals surface area contributed by atoms with Crippen molar-refractivity contribution in [1.82, 2.24) is 10.2 Å². The van der Waals surface area contributed by atoms with Crippen LogP contribution >= 0.6 is 23.2 Å². The van der Waals surface area contributed by atoms with Crippen molar-refractivity contribution in [3.05, 3.63) is 69.7 Å². The molecule has 3 rings (SSSR count). The minimum atomic E-state index is -0.0489. The van der Waals surface area contributed by atoms with Crippen molar-refractivity contribution < 1.29 is 9.53 Å². The van der Waals surface area contributed by atoms with Gasteiger partial charge in [0.05, 0.1) is 29.2 Å². The molecular formula is C20H22Cl2N2O2. The van der Waals surface area contributed by atoms with Crippen molar-refractivity contribution in [1.29, 1.82) is 0 Å². The molecule has 0 saturated carbocycles. The molecule has 1 fully saturated rings. The molecule has 1 unspecified atom stereocenters. The minimum absolute atomic E-state index is 0.00483. The van der Waals surface area contributed by atoms with Crippen LogP contribution in [0, 0.1) is 0 Å². The summed E-state index contributed by atoms with van der Waals surface area (Å²) in [6.45, 7) is 3.80. The minimum Gasteiger partial charge on any atom is -0.374 e. The second kappa shape index (κ2) is 9.38. The quantitative estimate of drug-likeness (QED) is 0.816.